The summed E-state index contributed by atoms with van der Waals surface area (Å²) in [7, 11) is 0. The van der Waals surface area contributed by atoms with Gasteiger partial charge in [0.15, 0.2) is 0 Å². The molecule has 0 bridgehead atoms. The number of rotatable bonds is 7. The van der Waals surface area contributed by atoms with Gasteiger partial charge < -0.3 is 10.2 Å². The molecule has 0 saturated carbocycles. The van der Waals surface area contributed by atoms with Crippen LogP contribution in [-0.2, 0) is 0 Å². The lowest BCUT2D eigenvalue weighted by molar-refractivity contribution is 0.200. The Hall–Kier alpha value is -1.58. The average Bonchev–Trinajstić information content (AvgIpc) is 2.35. The Labute approximate surface area is 109 Å². The van der Waals surface area contributed by atoms with Crippen molar-refractivity contribution >= 4 is 6.03 Å². The maximum Gasteiger partial charge on any atom is 0.321 e. The van der Waals surface area contributed by atoms with Crippen LogP contribution in [0.25, 0.3) is 0 Å². The van der Waals surface area contributed by atoms with Crippen molar-refractivity contribution < 1.29 is 9.18 Å². The van der Waals surface area contributed by atoms with E-state index >= 15 is 0 Å². The number of allylic oxidation sites excluding steroid dienone is 5. The van der Waals surface area contributed by atoms with Crippen LogP contribution in [0.1, 0.15) is 33.6 Å². The van der Waals surface area contributed by atoms with Crippen molar-refractivity contribution in [1.82, 2.24) is 10.2 Å². The van der Waals surface area contributed by atoms with Crippen LogP contribution in [0.4, 0.5) is 9.18 Å². The first-order valence-corrected chi connectivity index (χ1v) is 6.27. The Kier molecular flexibility index (Phi) is 8.62. The van der Waals surface area contributed by atoms with Crippen molar-refractivity contribution in [2.24, 2.45) is 0 Å². The zero-order valence-electron chi connectivity index (χ0n) is 11.5. The largest absolute Gasteiger partial charge is 0.325 e. The second-order valence-electron chi connectivity index (χ2n) is 4.02. The number of hydrogen-bond donors (Lipinski definition) is 1. The standard InChI is InChI=1S/C14H23FN2O/c1-5-10-17(11-6-2)14(18)16-12(4)8-9-13(15)7-3/h7-9H,3,5-6,10-11H2,1-2,4H3,(H,16,18)/b12-8+,13-9+. The molecule has 0 atom stereocenters. The van der Waals surface area contributed by atoms with E-state index in [2.05, 4.69) is 11.9 Å². The highest BCUT2D eigenvalue weighted by molar-refractivity contribution is 5.76. The monoisotopic (exact) mass is 254 g/mol. The number of urea groups is 1. The normalized spacial score (nSPS) is 12.2. The van der Waals surface area contributed by atoms with Crippen LogP contribution < -0.4 is 5.32 Å². The van der Waals surface area contributed by atoms with E-state index in [9.17, 15) is 9.18 Å². The molecule has 18 heavy (non-hydrogen) atoms. The number of halogens is 1. The topological polar surface area (TPSA) is 32.3 Å². The second kappa shape index (κ2) is 9.45. The molecule has 0 heterocycles. The van der Waals surface area contributed by atoms with Gasteiger partial charge in [-0.25, -0.2) is 9.18 Å². The smallest absolute Gasteiger partial charge is 0.321 e. The molecule has 0 saturated heterocycles. The fraction of sp³-hybridized carbons (Fsp3) is 0.500. The molecule has 0 aromatic rings. The van der Waals surface area contributed by atoms with Crippen LogP contribution in [-0.4, -0.2) is 24.0 Å². The highest BCUT2D eigenvalue weighted by Gasteiger charge is 2.10. The fourth-order valence-electron chi connectivity index (χ4n) is 1.42. The maximum absolute atomic E-state index is 12.8. The summed E-state index contributed by atoms with van der Waals surface area (Å²) in [6, 6.07) is -0.139. The second-order valence-corrected chi connectivity index (χ2v) is 4.02. The number of nitrogens with zero attached hydrogens (tertiary/aromatic N) is 1. The third-order valence-electron chi connectivity index (χ3n) is 2.27. The minimum absolute atomic E-state index is 0.139. The van der Waals surface area contributed by atoms with Crippen LogP contribution in [0.15, 0.2) is 36.3 Å². The van der Waals surface area contributed by atoms with Crippen LogP contribution in [0.5, 0.6) is 0 Å². The summed E-state index contributed by atoms with van der Waals surface area (Å²) in [6.07, 6.45) is 5.74. The first-order valence-electron chi connectivity index (χ1n) is 6.27. The van der Waals surface area contributed by atoms with E-state index in [4.69, 9.17) is 0 Å². The summed E-state index contributed by atoms with van der Waals surface area (Å²) >= 11 is 0. The molecule has 0 radical (unpaired) electrons. The van der Waals surface area contributed by atoms with Crippen LogP contribution in [0.2, 0.25) is 0 Å². The third kappa shape index (κ3) is 6.89. The lowest BCUT2D eigenvalue weighted by atomic mass is 10.3. The Morgan fingerprint density at radius 3 is 2.28 bits per heavy atom. The maximum atomic E-state index is 12.8. The lowest BCUT2D eigenvalue weighted by Gasteiger charge is -2.21. The number of carbonyl (C=O) groups is 1. The van der Waals surface area contributed by atoms with E-state index in [1.165, 1.54) is 12.2 Å². The molecular weight excluding hydrogens is 231 g/mol. The van der Waals surface area contributed by atoms with Gasteiger partial charge in [-0.2, -0.15) is 0 Å². The molecule has 0 spiro atoms. The average molecular weight is 254 g/mol. The molecule has 0 aliphatic heterocycles. The lowest BCUT2D eigenvalue weighted by Crippen LogP contribution is -2.40. The van der Waals surface area contributed by atoms with Gasteiger partial charge in [0.2, 0.25) is 0 Å². The Morgan fingerprint density at radius 2 is 1.83 bits per heavy atom. The number of hydrogen-bond acceptors (Lipinski definition) is 1. The summed E-state index contributed by atoms with van der Waals surface area (Å²) in [5, 5.41) is 2.73. The van der Waals surface area contributed by atoms with E-state index in [1.54, 1.807) is 11.8 Å². The summed E-state index contributed by atoms with van der Waals surface area (Å²) < 4.78 is 12.8. The van der Waals surface area contributed by atoms with Crippen molar-refractivity contribution in [1.29, 1.82) is 0 Å². The molecule has 3 nitrogen and oxygen atoms in total. The first kappa shape index (κ1) is 16.4. The van der Waals surface area contributed by atoms with Gasteiger partial charge in [0, 0.05) is 18.8 Å². The first-order chi connectivity index (χ1) is 8.54. The number of carbonyl (C=O) groups excluding carboxylic acids is 1. The molecule has 102 valence electrons. The minimum Gasteiger partial charge on any atom is -0.325 e. The molecule has 4 heteroatoms. The number of nitrogens with one attached hydrogen (secondary N) is 1. The number of amides is 2. The zero-order valence-corrected chi connectivity index (χ0v) is 11.5. The van der Waals surface area contributed by atoms with Gasteiger partial charge in [0.05, 0.1) is 0 Å². The van der Waals surface area contributed by atoms with Gasteiger partial charge in [-0.15, -0.1) is 0 Å². The molecule has 2 amide bonds. The van der Waals surface area contributed by atoms with E-state index < -0.39 is 5.83 Å². The van der Waals surface area contributed by atoms with Gasteiger partial charge in [-0.3, -0.25) is 0 Å². The minimum atomic E-state index is -0.428. The summed E-state index contributed by atoms with van der Waals surface area (Å²) in [5.41, 5.74) is 0.606. The Bertz CT molecular complexity index is 329. The SMILES string of the molecule is C=C/C(F)=C\C=C(/C)NC(=O)N(CCC)CCC. The van der Waals surface area contributed by atoms with Gasteiger partial charge in [-0.05, 0) is 38.0 Å². The van der Waals surface area contributed by atoms with E-state index in [-0.39, 0.29) is 6.03 Å². The highest BCUT2D eigenvalue weighted by Crippen LogP contribution is 2.00. The van der Waals surface area contributed by atoms with E-state index in [1.807, 2.05) is 13.8 Å². The Morgan fingerprint density at radius 1 is 1.28 bits per heavy atom. The summed E-state index contributed by atoms with van der Waals surface area (Å²) in [6.45, 7) is 10.5. The predicted molar refractivity (Wildman–Crippen MR) is 73.8 cm³/mol. The summed E-state index contributed by atoms with van der Waals surface area (Å²) in [4.78, 5) is 13.6. The van der Waals surface area contributed by atoms with Crippen LogP contribution in [0.3, 0.4) is 0 Å². The fourth-order valence-corrected chi connectivity index (χ4v) is 1.42. The zero-order chi connectivity index (χ0) is 14.0. The molecule has 0 aromatic heterocycles. The van der Waals surface area contributed by atoms with Gasteiger partial charge in [0.1, 0.15) is 5.83 Å². The summed E-state index contributed by atoms with van der Waals surface area (Å²) in [5.74, 6) is -0.428. The predicted octanol–water partition coefficient (Wildman–Crippen LogP) is 3.76. The van der Waals surface area contributed by atoms with Crippen LogP contribution in [0, 0.1) is 0 Å². The molecule has 0 unspecified atom stereocenters. The molecule has 0 fully saturated rings. The van der Waals surface area contributed by atoms with Crippen molar-refractivity contribution in [2.45, 2.75) is 33.6 Å². The Balaban J connectivity index is 4.47. The van der Waals surface area contributed by atoms with Gasteiger partial charge in [0.25, 0.3) is 0 Å². The van der Waals surface area contributed by atoms with E-state index in [0.717, 1.165) is 32.0 Å². The molecule has 0 aliphatic carbocycles. The quantitative estimate of drug-likeness (QED) is 0.689. The van der Waals surface area contributed by atoms with Crippen molar-refractivity contribution in [2.75, 3.05) is 13.1 Å². The molecular formula is C14H23FN2O. The molecule has 1 N–H and O–H groups in total. The van der Waals surface area contributed by atoms with Crippen molar-refractivity contribution in [3.8, 4) is 0 Å². The van der Waals surface area contributed by atoms with Crippen molar-refractivity contribution in [3.63, 3.8) is 0 Å². The van der Waals surface area contributed by atoms with E-state index in [0.29, 0.717) is 5.70 Å². The third-order valence-corrected chi connectivity index (χ3v) is 2.27. The van der Waals surface area contributed by atoms with Crippen molar-refractivity contribution in [3.05, 3.63) is 36.3 Å². The molecule has 0 aliphatic rings. The highest BCUT2D eigenvalue weighted by atomic mass is 19.1. The van der Waals surface area contributed by atoms with Crippen LogP contribution >= 0.6 is 0 Å². The van der Waals surface area contributed by atoms with Gasteiger partial charge in [-0.1, -0.05) is 20.4 Å². The molecule has 0 rings (SSSR count). The van der Waals surface area contributed by atoms with Gasteiger partial charge >= 0.3 is 6.03 Å². The molecule has 0 aromatic carbocycles.